The summed E-state index contributed by atoms with van der Waals surface area (Å²) in [5.74, 6) is 3.25. The van der Waals surface area contributed by atoms with Crippen molar-refractivity contribution in [2.24, 2.45) is 0 Å². The van der Waals surface area contributed by atoms with Gasteiger partial charge in [-0.3, -0.25) is 0 Å². The third-order valence-corrected chi connectivity index (χ3v) is 3.16. The molecular formula is C15H21N3O. The fourth-order valence-corrected chi connectivity index (χ4v) is 1.84. The minimum Gasteiger partial charge on any atom is -0.458 e. The lowest BCUT2D eigenvalue weighted by molar-refractivity contribution is 0.525. The van der Waals surface area contributed by atoms with Gasteiger partial charge in [-0.25, -0.2) is 9.97 Å². The summed E-state index contributed by atoms with van der Waals surface area (Å²) < 4.78 is 5.72. The molecule has 0 spiro atoms. The lowest BCUT2D eigenvalue weighted by atomic mass is 10.2. The maximum Gasteiger partial charge on any atom is 0.197 e. The van der Waals surface area contributed by atoms with Crippen LogP contribution in [0, 0.1) is 13.8 Å². The van der Waals surface area contributed by atoms with Crippen LogP contribution in [0.25, 0.3) is 11.6 Å². The Morgan fingerprint density at radius 3 is 2.58 bits per heavy atom. The van der Waals surface area contributed by atoms with Gasteiger partial charge in [0.25, 0.3) is 0 Å². The zero-order chi connectivity index (χ0) is 13.8. The second-order valence-electron chi connectivity index (χ2n) is 4.65. The molecule has 0 aliphatic rings. The SMILES string of the molecule is CCCNc1nc(-c2ccc(CC)o2)nc(C)c1C. The fourth-order valence-electron chi connectivity index (χ4n) is 1.84. The lowest BCUT2D eigenvalue weighted by Crippen LogP contribution is -2.07. The van der Waals surface area contributed by atoms with Crippen molar-refractivity contribution in [2.75, 3.05) is 11.9 Å². The van der Waals surface area contributed by atoms with E-state index in [9.17, 15) is 0 Å². The molecular weight excluding hydrogens is 238 g/mol. The van der Waals surface area contributed by atoms with Gasteiger partial charge >= 0.3 is 0 Å². The van der Waals surface area contributed by atoms with Gasteiger partial charge in [-0.1, -0.05) is 13.8 Å². The number of nitrogens with one attached hydrogen (secondary N) is 1. The smallest absolute Gasteiger partial charge is 0.197 e. The maximum absolute atomic E-state index is 5.72. The van der Waals surface area contributed by atoms with Crippen molar-refractivity contribution >= 4 is 5.82 Å². The Kier molecular flexibility index (Phi) is 4.20. The molecule has 0 aliphatic carbocycles. The molecule has 0 aromatic carbocycles. The zero-order valence-electron chi connectivity index (χ0n) is 12.1. The molecule has 4 heteroatoms. The molecule has 0 unspecified atom stereocenters. The third-order valence-electron chi connectivity index (χ3n) is 3.16. The highest BCUT2D eigenvalue weighted by atomic mass is 16.3. The largest absolute Gasteiger partial charge is 0.458 e. The molecule has 0 atom stereocenters. The Bertz CT molecular complexity index is 561. The van der Waals surface area contributed by atoms with E-state index in [-0.39, 0.29) is 0 Å². The molecule has 0 saturated carbocycles. The van der Waals surface area contributed by atoms with Gasteiger partial charge < -0.3 is 9.73 Å². The molecule has 2 heterocycles. The minimum atomic E-state index is 0.654. The molecule has 0 fully saturated rings. The highest BCUT2D eigenvalue weighted by molar-refractivity contribution is 5.55. The Balaban J connectivity index is 2.37. The first-order chi connectivity index (χ1) is 9.15. The second kappa shape index (κ2) is 5.87. The van der Waals surface area contributed by atoms with Crippen molar-refractivity contribution in [3.8, 4) is 11.6 Å². The molecule has 4 nitrogen and oxygen atoms in total. The molecule has 2 aromatic rings. The van der Waals surface area contributed by atoms with E-state index >= 15 is 0 Å². The molecule has 102 valence electrons. The van der Waals surface area contributed by atoms with E-state index in [1.54, 1.807) is 0 Å². The number of rotatable bonds is 5. The first-order valence-corrected chi connectivity index (χ1v) is 6.83. The number of aromatic nitrogens is 2. The Hall–Kier alpha value is -1.84. The average molecular weight is 259 g/mol. The molecule has 1 N–H and O–H groups in total. The van der Waals surface area contributed by atoms with Gasteiger partial charge in [0.05, 0.1) is 0 Å². The molecule has 0 radical (unpaired) electrons. The third kappa shape index (κ3) is 2.95. The van der Waals surface area contributed by atoms with Crippen molar-refractivity contribution in [1.82, 2.24) is 9.97 Å². The van der Waals surface area contributed by atoms with Crippen LogP contribution in [0.1, 0.15) is 37.3 Å². The van der Waals surface area contributed by atoms with Gasteiger partial charge in [0.2, 0.25) is 0 Å². The van der Waals surface area contributed by atoms with Crippen LogP contribution in [0.2, 0.25) is 0 Å². The van der Waals surface area contributed by atoms with E-state index in [1.807, 2.05) is 26.0 Å². The predicted molar refractivity (Wildman–Crippen MR) is 77.4 cm³/mol. The number of aryl methyl sites for hydroxylation is 2. The monoisotopic (exact) mass is 259 g/mol. The normalized spacial score (nSPS) is 10.7. The van der Waals surface area contributed by atoms with Gasteiger partial charge in [-0.05, 0) is 32.4 Å². The molecule has 2 aromatic heterocycles. The van der Waals surface area contributed by atoms with Crippen LogP contribution in [-0.2, 0) is 6.42 Å². The van der Waals surface area contributed by atoms with Crippen molar-refractivity contribution in [2.45, 2.75) is 40.5 Å². The Morgan fingerprint density at radius 1 is 1.16 bits per heavy atom. The molecule has 0 saturated heterocycles. The topological polar surface area (TPSA) is 51.0 Å². The summed E-state index contributed by atoms with van der Waals surface area (Å²) in [5.41, 5.74) is 2.08. The van der Waals surface area contributed by atoms with Gasteiger partial charge in [-0.2, -0.15) is 0 Å². The molecule has 0 bridgehead atoms. The van der Waals surface area contributed by atoms with E-state index in [4.69, 9.17) is 4.42 Å². The number of furan rings is 1. The number of nitrogens with zero attached hydrogens (tertiary/aromatic N) is 2. The van der Waals surface area contributed by atoms with E-state index in [2.05, 4.69) is 29.1 Å². The predicted octanol–water partition coefficient (Wildman–Crippen LogP) is 3.74. The van der Waals surface area contributed by atoms with Crippen LogP contribution < -0.4 is 5.32 Å². The number of hydrogen-bond donors (Lipinski definition) is 1. The summed E-state index contributed by atoms with van der Waals surface area (Å²) in [4.78, 5) is 9.09. The first-order valence-electron chi connectivity index (χ1n) is 6.83. The van der Waals surface area contributed by atoms with Crippen molar-refractivity contribution in [1.29, 1.82) is 0 Å². The Labute approximate surface area is 114 Å². The summed E-state index contributed by atoms with van der Waals surface area (Å²) in [6.07, 6.45) is 1.95. The van der Waals surface area contributed by atoms with Crippen molar-refractivity contribution in [3.05, 3.63) is 29.2 Å². The van der Waals surface area contributed by atoms with E-state index in [0.29, 0.717) is 5.82 Å². The van der Waals surface area contributed by atoms with Crippen molar-refractivity contribution in [3.63, 3.8) is 0 Å². The minimum absolute atomic E-state index is 0.654. The van der Waals surface area contributed by atoms with Crippen LogP contribution in [0.4, 0.5) is 5.82 Å². The Morgan fingerprint density at radius 2 is 1.95 bits per heavy atom. The highest BCUT2D eigenvalue weighted by Gasteiger charge is 2.12. The summed E-state index contributed by atoms with van der Waals surface area (Å²) >= 11 is 0. The van der Waals surface area contributed by atoms with E-state index < -0.39 is 0 Å². The van der Waals surface area contributed by atoms with Crippen LogP contribution in [0.15, 0.2) is 16.5 Å². The average Bonchev–Trinajstić information content (AvgIpc) is 2.89. The molecule has 2 rings (SSSR count). The number of hydrogen-bond acceptors (Lipinski definition) is 4. The van der Waals surface area contributed by atoms with E-state index in [1.165, 1.54) is 0 Å². The summed E-state index contributed by atoms with van der Waals surface area (Å²) in [6, 6.07) is 3.92. The van der Waals surface area contributed by atoms with Gasteiger partial charge in [-0.15, -0.1) is 0 Å². The first kappa shape index (κ1) is 13.6. The van der Waals surface area contributed by atoms with Crippen LogP contribution in [0.3, 0.4) is 0 Å². The molecule has 0 aliphatic heterocycles. The summed E-state index contributed by atoms with van der Waals surface area (Å²) in [5, 5.41) is 3.34. The van der Waals surface area contributed by atoms with Crippen molar-refractivity contribution < 1.29 is 4.42 Å². The summed E-state index contributed by atoms with van der Waals surface area (Å²) in [7, 11) is 0. The molecule has 19 heavy (non-hydrogen) atoms. The quantitative estimate of drug-likeness (QED) is 0.888. The standard InChI is InChI=1S/C15H21N3O/c1-5-9-16-14-10(3)11(4)17-15(18-14)13-8-7-12(6-2)19-13/h7-8H,5-6,9H2,1-4H3,(H,16,17,18). The van der Waals surface area contributed by atoms with Crippen LogP contribution >= 0.6 is 0 Å². The highest BCUT2D eigenvalue weighted by Crippen LogP contribution is 2.23. The second-order valence-corrected chi connectivity index (χ2v) is 4.65. The van der Waals surface area contributed by atoms with Crippen LogP contribution in [-0.4, -0.2) is 16.5 Å². The number of anilines is 1. The van der Waals surface area contributed by atoms with Gasteiger partial charge in [0, 0.05) is 24.2 Å². The van der Waals surface area contributed by atoms with Gasteiger partial charge in [0.15, 0.2) is 11.6 Å². The fraction of sp³-hybridized carbons (Fsp3) is 0.467. The molecule has 0 amide bonds. The van der Waals surface area contributed by atoms with Gasteiger partial charge in [0.1, 0.15) is 11.6 Å². The van der Waals surface area contributed by atoms with E-state index in [0.717, 1.165) is 48.0 Å². The lowest BCUT2D eigenvalue weighted by Gasteiger charge is -2.10. The maximum atomic E-state index is 5.72. The van der Waals surface area contributed by atoms with Crippen LogP contribution in [0.5, 0.6) is 0 Å². The zero-order valence-corrected chi connectivity index (χ0v) is 12.1. The summed E-state index contributed by atoms with van der Waals surface area (Å²) in [6.45, 7) is 9.16.